The van der Waals surface area contributed by atoms with Gasteiger partial charge >= 0.3 is 12.0 Å². The molecule has 2 saturated heterocycles. The molecule has 0 radical (unpaired) electrons. The molecule has 0 aromatic heterocycles. The highest BCUT2D eigenvalue weighted by molar-refractivity contribution is 6.08. The van der Waals surface area contributed by atoms with Crippen LogP contribution in [0.5, 0.6) is 0 Å². The number of nitrogens with zero attached hydrogens (tertiary/aromatic N) is 2. The Balaban J connectivity index is 1.54. The highest BCUT2D eigenvalue weighted by Crippen LogP contribution is 2.35. The van der Waals surface area contributed by atoms with E-state index in [2.05, 4.69) is 17.7 Å². The van der Waals surface area contributed by atoms with Gasteiger partial charge in [0.25, 0.3) is 11.8 Å². The zero-order valence-corrected chi connectivity index (χ0v) is 16.7. The molecule has 3 rings (SSSR count). The second-order valence-electron chi connectivity index (χ2n) is 8.20. The van der Waals surface area contributed by atoms with Crippen LogP contribution >= 0.6 is 0 Å². The fraction of sp³-hybridized carbons (Fsp3) is 0.789. The summed E-state index contributed by atoms with van der Waals surface area (Å²) in [6.45, 7) is 5.39. The molecule has 1 aliphatic carbocycles. The third-order valence-electron chi connectivity index (χ3n) is 6.02. The van der Waals surface area contributed by atoms with Crippen molar-refractivity contribution in [1.29, 1.82) is 0 Å². The van der Waals surface area contributed by atoms with Gasteiger partial charge in [-0.15, -0.1) is 0 Å². The number of carbonyl (C=O) groups is 4. The normalized spacial score (nSPS) is 31.0. The van der Waals surface area contributed by atoms with E-state index in [0.717, 1.165) is 30.7 Å². The minimum absolute atomic E-state index is 0.0248. The molecule has 9 heteroatoms. The molecule has 4 amide bonds. The topological polar surface area (TPSA) is 108 Å². The van der Waals surface area contributed by atoms with Gasteiger partial charge in [-0.3, -0.25) is 24.7 Å². The van der Waals surface area contributed by atoms with Gasteiger partial charge in [0.15, 0.2) is 0 Å². The Hall–Kier alpha value is -2.16. The zero-order valence-electron chi connectivity index (χ0n) is 16.7. The number of amides is 4. The summed E-state index contributed by atoms with van der Waals surface area (Å²) >= 11 is 0. The number of imide groups is 1. The number of hydrogen-bond acceptors (Lipinski definition) is 6. The Bertz CT molecular complexity index is 644. The second-order valence-corrected chi connectivity index (χ2v) is 8.20. The van der Waals surface area contributed by atoms with Gasteiger partial charge in [-0.1, -0.05) is 6.92 Å². The van der Waals surface area contributed by atoms with E-state index in [1.807, 2.05) is 4.90 Å². The van der Waals surface area contributed by atoms with Crippen LogP contribution in [-0.2, 0) is 19.1 Å². The summed E-state index contributed by atoms with van der Waals surface area (Å²) < 4.78 is 5.07. The fourth-order valence-corrected chi connectivity index (χ4v) is 4.33. The van der Waals surface area contributed by atoms with Crippen molar-refractivity contribution >= 4 is 23.8 Å². The van der Waals surface area contributed by atoms with Crippen LogP contribution < -0.4 is 10.7 Å². The summed E-state index contributed by atoms with van der Waals surface area (Å²) in [5.74, 6) is -0.763. The maximum absolute atomic E-state index is 12.8. The number of urea groups is 1. The van der Waals surface area contributed by atoms with Gasteiger partial charge in [0.2, 0.25) is 0 Å². The molecule has 1 atom stereocenters. The van der Waals surface area contributed by atoms with Gasteiger partial charge in [0.1, 0.15) is 5.54 Å². The summed E-state index contributed by atoms with van der Waals surface area (Å²) in [7, 11) is 0. The number of hydrogen-bond donors (Lipinski definition) is 2. The first-order chi connectivity index (χ1) is 13.3. The van der Waals surface area contributed by atoms with Gasteiger partial charge in [-0.05, 0) is 57.9 Å². The average molecular weight is 394 g/mol. The van der Waals surface area contributed by atoms with Crippen LogP contribution in [-0.4, -0.2) is 65.5 Å². The molecule has 0 bridgehead atoms. The number of piperidine rings is 1. The molecule has 2 N–H and O–H groups in total. The van der Waals surface area contributed by atoms with Crippen LogP contribution in [0.15, 0.2) is 0 Å². The number of likely N-dealkylation sites (tertiary alicyclic amines) is 1. The molecule has 1 saturated carbocycles. The van der Waals surface area contributed by atoms with Crippen molar-refractivity contribution < 1.29 is 23.9 Å². The summed E-state index contributed by atoms with van der Waals surface area (Å²) in [6, 6.07) is -0.573. The first-order valence-electron chi connectivity index (χ1n) is 10.2. The number of esters is 1. The number of ether oxygens (including phenoxy) is 1. The predicted molar refractivity (Wildman–Crippen MR) is 99.7 cm³/mol. The minimum atomic E-state index is -0.878. The van der Waals surface area contributed by atoms with Gasteiger partial charge in [0.05, 0.1) is 19.1 Å². The molecule has 156 valence electrons. The Morgan fingerprint density at radius 1 is 1.25 bits per heavy atom. The van der Waals surface area contributed by atoms with Crippen molar-refractivity contribution in [2.45, 2.75) is 57.9 Å². The quantitative estimate of drug-likeness (QED) is 0.527. The highest BCUT2D eigenvalue weighted by Gasteiger charge is 2.52. The second kappa shape index (κ2) is 8.46. The lowest BCUT2D eigenvalue weighted by Gasteiger charge is -2.33. The SMILES string of the molecule is CCOC(=O)[C@H]1CCCN(CC(=O)NN2C(=O)NC3(CCC(C)CC3)C2=O)C1. The lowest BCUT2D eigenvalue weighted by molar-refractivity contribution is -0.150. The van der Waals surface area contributed by atoms with E-state index < -0.39 is 17.5 Å². The molecular formula is C19H30N4O5. The van der Waals surface area contributed by atoms with E-state index in [-0.39, 0.29) is 24.3 Å². The predicted octanol–water partition coefficient (Wildman–Crippen LogP) is 0.793. The van der Waals surface area contributed by atoms with Crippen LogP contribution in [0.1, 0.15) is 52.4 Å². The van der Waals surface area contributed by atoms with E-state index in [9.17, 15) is 19.2 Å². The maximum Gasteiger partial charge on any atom is 0.344 e. The number of hydrazine groups is 1. The van der Waals surface area contributed by atoms with Crippen molar-refractivity contribution in [2.24, 2.45) is 11.8 Å². The molecule has 3 aliphatic rings. The molecule has 0 unspecified atom stereocenters. The summed E-state index contributed by atoms with van der Waals surface area (Å²) in [6.07, 6.45) is 4.47. The van der Waals surface area contributed by atoms with Gasteiger partial charge in [-0.25, -0.2) is 4.79 Å². The Labute approximate surface area is 165 Å². The molecular weight excluding hydrogens is 364 g/mol. The first-order valence-corrected chi connectivity index (χ1v) is 10.2. The summed E-state index contributed by atoms with van der Waals surface area (Å²) in [4.78, 5) is 51.3. The molecule has 1 spiro atoms. The van der Waals surface area contributed by atoms with E-state index in [1.165, 1.54) is 0 Å². The summed E-state index contributed by atoms with van der Waals surface area (Å²) in [5, 5.41) is 3.61. The van der Waals surface area contributed by atoms with Gasteiger partial charge < -0.3 is 10.1 Å². The number of rotatable bonds is 5. The highest BCUT2D eigenvalue weighted by atomic mass is 16.5. The van der Waals surface area contributed by atoms with Crippen LogP contribution in [0, 0.1) is 11.8 Å². The smallest absolute Gasteiger partial charge is 0.344 e. The van der Waals surface area contributed by atoms with Crippen LogP contribution in [0.3, 0.4) is 0 Å². The van der Waals surface area contributed by atoms with E-state index in [1.54, 1.807) is 6.92 Å². The Kier molecular flexibility index (Phi) is 6.22. The first kappa shape index (κ1) is 20.6. The van der Waals surface area contributed by atoms with Crippen molar-refractivity contribution in [1.82, 2.24) is 20.7 Å². The molecule has 28 heavy (non-hydrogen) atoms. The third kappa shape index (κ3) is 4.29. The van der Waals surface area contributed by atoms with Crippen LogP contribution in [0.25, 0.3) is 0 Å². The Morgan fingerprint density at radius 2 is 1.96 bits per heavy atom. The largest absolute Gasteiger partial charge is 0.466 e. The minimum Gasteiger partial charge on any atom is -0.466 e. The fourth-order valence-electron chi connectivity index (χ4n) is 4.33. The third-order valence-corrected chi connectivity index (χ3v) is 6.02. The standard InChI is InChI=1S/C19H30N4O5/c1-3-28-16(25)14-5-4-10-22(11-14)12-15(24)21-23-17(26)19(20-18(23)27)8-6-13(2)7-9-19/h13-14H,3-12H2,1-2H3,(H,20,27)(H,21,24)/t13?,14-,19?/m0/s1. The van der Waals surface area contributed by atoms with E-state index in [0.29, 0.717) is 38.5 Å². The molecule has 9 nitrogen and oxygen atoms in total. The van der Waals surface area contributed by atoms with E-state index in [4.69, 9.17) is 4.74 Å². The van der Waals surface area contributed by atoms with Crippen molar-refractivity contribution in [3.63, 3.8) is 0 Å². The lowest BCUT2D eigenvalue weighted by atomic mass is 9.77. The average Bonchev–Trinajstić information content (AvgIpc) is 2.89. The molecule has 0 aromatic rings. The number of carbonyl (C=O) groups excluding carboxylic acids is 4. The van der Waals surface area contributed by atoms with Gasteiger partial charge in [0, 0.05) is 6.54 Å². The number of nitrogens with one attached hydrogen (secondary N) is 2. The summed E-state index contributed by atoms with van der Waals surface area (Å²) in [5.41, 5.74) is 1.57. The van der Waals surface area contributed by atoms with Gasteiger partial charge in [-0.2, -0.15) is 5.01 Å². The van der Waals surface area contributed by atoms with Crippen LogP contribution in [0.4, 0.5) is 4.79 Å². The monoisotopic (exact) mass is 394 g/mol. The Morgan fingerprint density at radius 3 is 2.64 bits per heavy atom. The lowest BCUT2D eigenvalue weighted by Crippen LogP contribution is -2.53. The molecule has 2 aliphatic heterocycles. The van der Waals surface area contributed by atoms with E-state index >= 15 is 0 Å². The van der Waals surface area contributed by atoms with Crippen molar-refractivity contribution in [3.05, 3.63) is 0 Å². The zero-order chi connectivity index (χ0) is 20.3. The van der Waals surface area contributed by atoms with Crippen molar-refractivity contribution in [2.75, 3.05) is 26.2 Å². The molecule has 3 fully saturated rings. The maximum atomic E-state index is 12.8. The van der Waals surface area contributed by atoms with Crippen molar-refractivity contribution in [3.8, 4) is 0 Å². The van der Waals surface area contributed by atoms with Crippen LogP contribution in [0.2, 0.25) is 0 Å². The molecule has 0 aromatic carbocycles. The molecule has 2 heterocycles.